The van der Waals surface area contributed by atoms with Crippen molar-refractivity contribution in [3.63, 3.8) is 0 Å². The first-order valence-electron chi connectivity index (χ1n) is 9.82. The largest absolute Gasteiger partial charge is 0.454 e. The molecule has 2 aliphatic rings. The predicted molar refractivity (Wildman–Crippen MR) is 124 cm³/mol. The number of pyridine rings is 1. The molecule has 0 unspecified atom stereocenters. The molecule has 0 fully saturated rings. The number of fused-ring (bicyclic) bond motifs is 1. The number of nitrogens with one attached hydrogen (secondary N) is 2. The van der Waals surface area contributed by atoms with Crippen LogP contribution in [0.2, 0.25) is 5.02 Å². The number of benzene rings is 1. The van der Waals surface area contributed by atoms with Crippen LogP contribution in [0.25, 0.3) is 10.2 Å². The number of urea groups is 1. The highest BCUT2D eigenvalue weighted by atomic mass is 35.5. The number of nitriles is 1. The molecule has 168 valence electrons. The summed E-state index contributed by atoms with van der Waals surface area (Å²) in [4.78, 5) is 32.8. The van der Waals surface area contributed by atoms with Crippen LogP contribution in [0, 0.1) is 11.3 Å². The molecular formula is C21H12ClN7O4S. The van der Waals surface area contributed by atoms with Gasteiger partial charge in [-0.3, -0.25) is 14.4 Å². The molecule has 1 aromatic carbocycles. The van der Waals surface area contributed by atoms with Crippen molar-refractivity contribution < 1.29 is 19.1 Å². The third-order valence-corrected chi connectivity index (χ3v) is 6.72. The zero-order valence-corrected chi connectivity index (χ0v) is 18.8. The maximum atomic E-state index is 13.4. The van der Waals surface area contributed by atoms with Crippen molar-refractivity contribution in [2.75, 3.05) is 22.3 Å². The highest BCUT2D eigenvalue weighted by Crippen LogP contribution is 2.53. The predicted octanol–water partition coefficient (Wildman–Crippen LogP) is 4.22. The van der Waals surface area contributed by atoms with Crippen molar-refractivity contribution in [3.05, 3.63) is 46.1 Å². The van der Waals surface area contributed by atoms with E-state index in [9.17, 15) is 14.9 Å². The number of ether oxygens (including phenoxy) is 2. The Kier molecular flexibility index (Phi) is 4.38. The van der Waals surface area contributed by atoms with Crippen molar-refractivity contribution in [2.24, 2.45) is 7.05 Å². The number of aromatic nitrogens is 3. The second-order valence-corrected chi connectivity index (χ2v) is 8.75. The molecule has 0 aliphatic carbocycles. The quantitative estimate of drug-likeness (QED) is 0.436. The zero-order chi connectivity index (χ0) is 23.6. The normalized spacial score (nSPS) is 13.7. The van der Waals surface area contributed by atoms with Gasteiger partial charge in [-0.2, -0.15) is 10.4 Å². The van der Waals surface area contributed by atoms with E-state index in [1.807, 2.05) is 0 Å². The Morgan fingerprint density at radius 2 is 2.18 bits per heavy atom. The first-order valence-corrected chi connectivity index (χ1v) is 11.0. The number of thiophene rings is 1. The molecule has 0 saturated carbocycles. The Morgan fingerprint density at radius 3 is 2.94 bits per heavy atom. The van der Waals surface area contributed by atoms with E-state index in [1.54, 1.807) is 36.1 Å². The summed E-state index contributed by atoms with van der Waals surface area (Å²) in [6, 6.07) is 6.33. The third-order valence-electron chi connectivity index (χ3n) is 5.32. The molecule has 11 nitrogen and oxygen atoms in total. The van der Waals surface area contributed by atoms with Gasteiger partial charge in [0, 0.05) is 25.5 Å². The number of aryl methyl sites for hydroxylation is 1. The molecule has 0 bridgehead atoms. The van der Waals surface area contributed by atoms with E-state index in [0.717, 1.165) is 11.3 Å². The average molecular weight is 494 g/mol. The van der Waals surface area contributed by atoms with Crippen LogP contribution in [0.3, 0.4) is 0 Å². The van der Waals surface area contributed by atoms with E-state index >= 15 is 0 Å². The van der Waals surface area contributed by atoms with Crippen LogP contribution in [0.15, 0.2) is 30.6 Å². The molecular weight excluding hydrogens is 482 g/mol. The molecule has 3 aromatic heterocycles. The minimum Gasteiger partial charge on any atom is -0.454 e. The van der Waals surface area contributed by atoms with E-state index in [0.29, 0.717) is 21.8 Å². The summed E-state index contributed by atoms with van der Waals surface area (Å²) in [6.07, 6.45) is 3.05. The van der Waals surface area contributed by atoms with E-state index < -0.39 is 11.9 Å². The van der Waals surface area contributed by atoms with Gasteiger partial charge in [0.1, 0.15) is 21.5 Å². The van der Waals surface area contributed by atoms with Crippen molar-refractivity contribution in [1.82, 2.24) is 14.8 Å². The van der Waals surface area contributed by atoms with Gasteiger partial charge in [-0.1, -0.05) is 11.6 Å². The van der Waals surface area contributed by atoms with Gasteiger partial charge in [0.05, 0.1) is 27.3 Å². The molecule has 3 amide bonds. The first kappa shape index (κ1) is 20.3. The number of carbonyl (C=O) groups excluding carboxylic acids is 2. The number of hydrogen-bond acceptors (Lipinski definition) is 8. The second-order valence-electron chi connectivity index (χ2n) is 7.34. The van der Waals surface area contributed by atoms with Crippen LogP contribution < -0.4 is 25.0 Å². The maximum Gasteiger partial charge on any atom is 0.331 e. The lowest BCUT2D eigenvalue weighted by molar-refractivity contribution is 0.103. The first-order chi connectivity index (χ1) is 16.5. The second kappa shape index (κ2) is 7.34. The minimum atomic E-state index is -0.618. The van der Waals surface area contributed by atoms with E-state index in [4.69, 9.17) is 21.1 Å². The highest BCUT2D eigenvalue weighted by Gasteiger charge is 2.38. The molecule has 5 heterocycles. The molecule has 2 aliphatic heterocycles. The number of anilines is 4. The number of nitrogens with zero attached hydrogens (tertiary/aromatic N) is 5. The summed E-state index contributed by atoms with van der Waals surface area (Å²) in [5.41, 5.74) is 0.875. The number of halogens is 1. The summed E-state index contributed by atoms with van der Waals surface area (Å²) in [7, 11) is 1.73. The Morgan fingerprint density at radius 1 is 1.32 bits per heavy atom. The zero-order valence-electron chi connectivity index (χ0n) is 17.2. The van der Waals surface area contributed by atoms with Crippen molar-refractivity contribution in [3.8, 4) is 17.6 Å². The molecule has 0 radical (unpaired) electrons. The molecule has 0 saturated heterocycles. The lowest BCUT2D eigenvalue weighted by atomic mass is 10.1. The lowest BCUT2D eigenvalue weighted by Crippen LogP contribution is -2.35. The number of amides is 3. The van der Waals surface area contributed by atoms with Crippen LogP contribution >= 0.6 is 22.9 Å². The monoisotopic (exact) mass is 493 g/mol. The highest BCUT2D eigenvalue weighted by molar-refractivity contribution is 7.21. The van der Waals surface area contributed by atoms with E-state index in [1.165, 1.54) is 11.1 Å². The standard InChI is InChI=1S/C21H12ClN7O4S/c1-28-5-4-12(27-28)25-19(30)18-14-13-15(9(6-23)7-24-20(13)34-18)29(21(31)26-14)16-10(22)2-3-11-17(16)33-8-32-11/h2-5,7H,8H2,1H3,(H,26,31)(H,25,27,30). The Bertz CT molecular complexity index is 1590. The summed E-state index contributed by atoms with van der Waals surface area (Å²) in [6.45, 7) is -0.0312. The fourth-order valence-electron chi connectivity index (χ4n) is 3.92. The van der Waals surface area contributed by atoms with Crippen molar-refractivity contribution >= 4 is 68.0 Å². The van der Waals surface area contributed by atoms with Gasteiger partial charge < -0.3 is 20.1 Å². The van der Waals surface area contributed by atoms with Gasteiger partial charge in [0.2, 0.25) is 6.79 Å². The molecule has 0 spiro atoms. The summed E-state index contributed by atoms with van der Waals surface area (Å²) < 4.78 is 12.6. The van der Waals surface area contributed by atoms with Gasteiger partial charge in [-0.05, 0) is 12.1 Å². The van der Waals surface area contributed by atoms with Crippen molar-refractivity contribution in [1.29, 1.82) is 5.26 Å². The van der Waals surface area contributed by atoms with Gasteiger partial charge in [-0.15, -0.1) is 11.3 Å². The van der Waals surface area contributed by atoms with E-state index in [2.05, 4.69) is 26.8 Å². The molecule has 0 atom stereocenters. The summed E-state index contributed by atoms with van der Waals surface area (Å²) in [5.74, 6) is 0.590. The summed E-state index contributed by atoms with van der Waals surface area (Å²) in [5, 5.41) is 20.1. The van der Waals surface area contributed by atoms with Crippen molar-refractivity contribution in [2.45, 2.75) is 0 Å². The molecule has 34 heavy (non-hydrogen) atoms. The molecule has 6 rings (SSSR count). The number of rotatable bonds is 3. The Labute approximate surface area is 200 Å². The third kappa shape index (κ3) is 2.88. The van der Waals surface area contributed by atoms with Gasteiger partial charge >= 0.3 is 6.03 Å². The fraction of sp³-hybridized carbons (Fsp3) is 0.0952. The SMILES string of the molecule is Cn1ccc(NC(=O)c2sc3ncc(C#N)c4c3c2NC(=O)N4c2c(Cl)ccc3c2OCO3)n1. The van der Waals surface area contributed by atoms with Crippen LogP contribution in [0.4, 0.5) is 27.7 Å². The summed E-state index contributed by atoms with van der Waals surface area (Å²) >= 11 is 7.57. The van der Waals surface area contributed by atoms with Gasteiger partial charge in [0.25, 0.3) is 5.91 Å². The lowest BCUT2D eigenvalue weighted by Gasteiger charge is -2.30. The molecule has 13 heteroatoms. The van der Waals surface area contributed by atoms with E-state index in [-0.39, 0.29) is 45.1 Å². The van der Waals surface area contributed by atoms with Gasteiger partial charge in [0.15, 0.2) is 17.3 Å². The van der Waals surface area contributed by atoms with Crippen LogP contribution in [0.1, 0.15) is 15.2 Å². The topological polar surface area (TPSA) is 134 Å². The van der Waals surface area contributed by atoms with Gasteiger partial charge in [-0.25, -0.2) is 9.78 Å². The van der Waals surface area contributed by atoms with Crippen LogP contribution in [-0.4, -0.2) is 33.5 Å². The van der Waals surface area contributed by atoms with Crippen LogP contribution in [-0.2, 0) is 7.05 Å². The Hall–Kier alpha value is -4.34. The molecule has 4 aromatic rings. The average Bonchev–Trinajstić information content (AvgIpc) is 3.54. The maximum absolute atomic E-state index is 13.4. The number of hydrogen-bond donors (Lipinski definition) is 2. The number of carbonyl (C=O) groups is 2. The smallest absolute Gasteiger partial charge is 0.331 e. The van der Waals surface area contributed by atoms with Crippen LogP contribution in [0.5, 0.6) is 11.5 Å². The molecule has 2 N–H and O–H groups in total. The Balaban J connectivity index is 1.56. The minimum absolute atomic E-state index is 0.0312. The fourth-order valence-corrected chi connectivity index (χ4v) is 5.15.